The van der Waals surface area contributed by atoms with Crippen LogP contribution in [0.2, 0.25) is 0 Å². The molecule has 0 atom stereocenters. The molecule has 0 radical (unpaired) electrons. The van der Waals surface area contributed by atoms with Crippen LogP contribution in [0.3, 0.4) is 0 Å². The lowest BCUT2D eigenvalue weighted by molar-refractivity contribution is -0.144. The molecule has 0 aliphatic heterocycles. The van der Waals surface area contributed by atoms with Crippen molar-refractivity contribution in [1.82, 2.24) is 15.5 Å². The van der Waals surface area contributed by atoms with Crippen molar-refractivity contribution < 1.29 is 33.1 Å². The Bertz CT molecular complexity index is 1060. The summed E-state index contributed by atoms with van der Waals surface area (Å²) in [5, 5.41) is 6.36. The van der Waals surface area contributed by atoms with Crippen molar-refractivity contribution in [1.29, 1.82) is 0 Å². The minimum atomic E-state index is -0.662. The molecule has 1 aromatic heterocycles. The number of aromatic nitrogens is 2. The summed E-state index contributed by atoms with van der Waals surface area (Å²) in [4.78, 5) is 28.4. The number of benzene rings is 2. The maximum absolute atomic E-state index is 12.2. The van der Waals surface area contributed by atoms with Crippen molar-refractivity contribution in [3.8, 4) is 28.6 Å². The standard InChI is InChI=1S/C21H21N3O7/c1-27-13-8-9-14(17(10-13)29-3)20-23-18(31-24-20)12-30-19(25)11-22-21(26)15-6-4-5-7-16(15)28-2/h4-10H,11-12H2,1-3H3,(H,22,26). The smallest absolute Gasteiger partial charge is 0.325 e. The molecule has 3 aromatic rings. The number of nitrogens with zero attached hydrogens (tertiary/aromatic N) is 2. The molecule has 3 rings (SSSR count). The molecule has 2 aromatic carbocycles. The van der Waals surface area contributed by atoms with Crippen LogP contribution in [0.4, 0.5) is 0 Å². The van der Waals surface area contributed by atoms with Gasteiger partial charge in [0.2, 0.25) is 5.82 Å². The molecule has 0 saturated carbocycles. The van der Waals surface area contributed by atoms with E-state index in [0.717, 1.165) is 0 Å². The number of amides is 1. The van der Waals surface area contributed by atoms with Gasteiger partial charge in [-0.25, -0.2) is 0 Å². The van der Waals surface area contributed by atoms with Gasteiger partial charge in [0.05, 0.1) is 32.5 Å². The largest absolute Gasteiger partial charge is 0.497 e. The Morgan fingerprint density at radius 1 is 1.00 bits per heavy atom. The number of esters is 1. The van der Waals surface area contributed by atoms with Crippen LogP contribution in [0.1, 0.15) is 16.2 Å². The molecule has 0 bridgehead atoms. The quantitative estimate of drug-likeness (QED) is 0.512. The summed E-state index contributed by atoms with van der Waals surface area (Å²) in [7, 11) is 4.52. The van der Waals surface area contributed by atoms with Gasteiger partial charge in [-0.15, -0.1) is 0 Å². The Hall–Kier alpha value is -4.08. The van der Waals surface area contributed by atoms with Crippen LogP contribution in [0, 0.1) is 0 Å². The van der Waals surface area contributed by atoms with Gasteiger partial charge in [-0.3, -0.25) is 9.59 Å². The maximum atomic E-state index is 12.2. The predicted octanol–water partition coefficient (Wildman–Crippen LogP) is 2.24. The molecule has 1 amide bonds. The Morgan fingerprint density at radius 3 is 2.52 bits per heavy atom. The van der Waals surface area contributed by atoms with E-state index in [1.807, 2.05) is 0 Å². The maximum Gasteiger partial charge on any atom is 0.325 e. The van der Waals surface area contributed by atoms with Crippen LogP contribution in [0.15, 0.2) is 47.0 Å². The second-order valence-electron chi connectivity index (χ2n) is 6.12. The monoisotopic (exact) mass is 427 g/mol. The van der Waals surface area contributed by atoms with Gasteiger partial charge in [-0.05, 0) is 24.3 Å². The highest BCUT2D eigenvalue weighted by Crippen LogP contribution is 2.31. The third-order valence-electron chi connectivity index (χ3n) is 4.22. The van der Waals surface area contributed by atoms with Crippen LogP contribution in [0.25, 0.3) is 11.4 Å². The molecule has 10 nitrogen and oxygen atoms in total. The van der Waals surface area contributed by atoms with Crippen molar-refractivity contribution in [2.45, 2.75) is 6.61 Å². The summed E-state index contributed by atoms with van der Waals surface area (Å²) in [5.74, 6) is 0.773. The lowest BCUT2D eigenvalue weighted by atomic mass is 10.2. The van der Waals surface area contributed by atoms with E-state index in [4.69, 9.17) is 23.5 Å². The fraction of sp³-hybridized carbons (Fsp3) is 0.238. The van der Waals surface area contributed by atoms with E-state index in [-0.39, 0.29) is 24.9 Å². The average Bonchev–Trinajstić information content (AvgIpc) is 3.29. The zero-order valence-corrected chi connectivity index (χ0v) is 17.2. The SMILES string of the molecule is COc1ccc(-c2noc(COC(=O)CNC(=O)c3ccccc3OC)n2)c(OC)c1. The first-order chi connectivity index (χ1) is 15.0. The Morgan fingerprint density at radius 2 is 1.77 bits per heavy atom. The lowest BCUT2D eigenvalue weighted by Crippen LogP contribution is -2.30. The van der Waals surface area contributed by atoms with Crippen molar-refractivity contribution in [3.63, 3.8) is 0 Å². The topological polar surface area (TPSA) is 122 Å². The van der Waals surface area contributed by atoms with E-state index < -0.39 is 11.9 Å². The first kappa shape index (κ1) is 21.6. The van der Waals surface area contributed by atoms with Crippen LogP contribution >= 0.6 is 0 Å². The van der Waals surface area contributed by atoms with E-state index in [0.29, 0.717) is 28.4 Å². The zero-order chi connectivity index (χ0) is 22.2. The zero-order valence-electron chi connectivity index (χ0n) is 17.2. The van der Waals surface area contributed by atoms with E-state index in [2.05, 4.69) is 15.5 Å². The fourth-order valence-electron chi connectivity index (χ4n) is 2.68. The summed E-state index contributed by atoms with van der Waals surface area (Å²) in [5.41, 5.74) is 0.904. The van der Waals surface area contributed by atoms with Crippen molar-refractivity contribution in [3.05, 3.63) is 53.9 Å². The summed E-state index contributed by atoms with van der Waals surface area (Å²) in [6.07, 6.45) is 0. The third kappa shape index (κ3) is 5.30. The molecular weight excluding hydrogens is 406 g/mol. The molecule has 10 heteroatoms. The molecule has 0 fully saturated rings. The normalized spacial score (nSPS) is 10.3. The van der Waals surface area contributed by atoms with Crippen LogP contribution in [0.5, 0.6) is 17.2 Å². The number of carbonyl (C=O) groups excluding carboxylic acids is 2. The van der Waals surface area contributed by atoms with Gasteiger partial charge in [0.25, 0.3) is 11.8 Å². The third-order valence-corrected chi connectivity index (χ3v) is 4.22. The highest BCUT2D eigenvalue weighted by atomic mass is 16.6. The van der Waals surface area contributed by atoms with Gasteiger partial charge >= 0.3 is 5.97 Å². The number of nitrogens with one attached hydrogen (secondary N) is 1. The van der Waals surface area contributed by atoms with Crippen molar-refractivity contribution >= 4 is 11.9 Å². The van der Waals surface area contributed by atoms with Crippen LogP contribution < -0.4 is 19.5 Å². The van der Waals surface area contributed by atoms with Gasteiger partial charge < -0.3 is 28.8 Å². The summed E-state index contributed by atoms with van der Waals surface area (Å²) < 4.78 is 25.8. The Balaban J connectivity index is 1.55. The first-order valence-electron chi connectivity index (χ1n) is 9.17. The highest BCUT2D eigenvalue weighted by molar-refractivity contribution is 5.98. The molecule has 0 saturated heterocycles. The number of hydrogen-bond acceptors (Lipinski definition) is 9. The second kappa shape index (κ2) is 10.1. The van der Waals surface area contributed by atoms with E-state index in [1.54, 1.807) is 49.6 Å². The molecule has 31 heavy (non-hydrogen) atoms. The molecule has 1 N–H and O–H groups in total. The molecule has 0 unspecified atom stereocenters. The fourth-order valence-corrected chi connectivity index (χ4v) is 2.68. The minimum absolute atomic E-state index is 0.0947. The number of para-hydroxylation sites is 1. The highest BCUT2D eigenvalue weighted by Gasteiger charge is 2.17. The molecule has 162 valence electrons. The number of methoxy groups -OCH3 is 3. The van der Waals surface area contributed by atoms with Crippen molar-refractivity contribution in [2.24, 2.45) is 0 Å². The van der Waals surface area contributed by atoms with Crippen molar-refractivity contribution in [2.75, 3.05) is 27.9 Å². The van der Waals surface area contributed by atoms with E-state index in [1.165, 1.54) is 14.2 Å². The molecule has 0 aliphatic rings. The van der Waals surface area contributed by atoms with Gasteiger partial charge in [0.1, 0.15) is 23.8 Å². The summed E-state index contributed by atoms with van der Waals surface area (Å²) >= 11 is 0. The number of ether oxygens (including phenoxy) is 4. The predicted molar refractivity (Wildman–Crippen MR) is 108 cm³/mol. The van der Waals surface area contributed by atoms with Crippen LogP contribution in [-0.4, -0.2) is 49.9 Å². The number of rotatable bonds is 9. The molecule has 0 aliphatic carbocycles. The molecule has 1 heterocycles. The number of carbonyl (C=O) groups is 2. The Kier molecular flexibility index (Phi) is 7.05. The molecular formula is C21H21N3O7. The van der Waals surface area contributed by atoms with Gasteiger partial charge in [-0.2, -0.15) is 4.98 Å². The van der Waals surface area contributed by atoms with E-state index in [9.17, 15) is 9.59 Å². The van der Waals surface area contributed by atoms with Gasteiger partial charge in [0, 0.05) is 6.07 Å². The molecule has 0 spiro atoms. The van der Waals surface area contributed by atoms with Gasteiger partial charge in [0.15, 0.2) is 6.61 Å². The van der Waals surface area contributed by atoms with Crippen LogP contribution in [-0.2, 0) is 16.1 Å². The Labute approximate surface area is 178 Å². The minimum Gasteiger partial charge on any atom is -0.497 e. The average molecular weight is 427 g/mol. The first-order valence-corrected chi connectivity index (χ1v) is 9.17. The summed E-state index contributed by atoms with van der Waals surface area (Å²) in [6.45, 7) is -0.570. The van der Waals surface area contributed by atoms with E-state index >= 15 is 0 Å². The van der Waals surface area contributed by atoms with Gasteiger partial charge in [-0.1, -0.05) is 17.3 Å². The lowest BCUT2D eigenvalue weighted by Gasteiger charge is -2.08. The summed E-state index contributed by atoms with van der Waals surface area (Å²) in [6, 6.07) is 11.8. The second-order valence-corrected chi connectivity index (χ2v) is 6.12. The number of hydrogen-bond donors (Lipinski definition) is 1.